The summed E-state index contributed by atoms with van der Waals surface area (Å²) in [5, 5.41) is 2.73. The van der Waals surface area contributed by atoms with Crippen LogP contribution in [0, 0.1) is 46.3 Å². The molecular formula is C29H51NO2. The molecule has 4 saturated carbocycles. The number of rotatable bonds is 11. The maximum Gasteiger partial charge on any atom is 0.207 e. The second kappa shape index (κ2) is 10.8. The molecule has 0 saturated heterocycles. The molecule has 0 heterocycles. The van der Waals surface area contributed by atoms with E-state index in [2.05, 4.69) is 26.1 Å². The van der Waals surface area contributed by atoms with E-state index in [0.717, 1.165) is 74.5 Å². The van der Waals surface area contributed by atoms with Gasteiger partial charge in [0.1, 0.15) is 0 Å². The zero-order chi connectivity index (χ0) is 22.6. The van der Waals surface area contributed by atoms with Gasteiger partial charge in [0, 0.05) is 19.8 Å². The number of carbonyl (C=O) groups excluding carboxylic acids is 1. The van der Waals surface area contributed by atoms with Crippen molar-refractivity contribution in [2.24, 2.45) is 46.3 Å². The second-order valence-electron chi connectivity index (χ2n) is 12.5. The van der Waals surface area contributed by atoms with Gasteiger partial charge >= 0.3 is 0 Å². The summed E-state index contributed by atoms with van der Waals surface area (Å²) in [6, 6.07) is 0. The van der Waals surface area contributed by atoms with Gasteiger partial charge in [0.15, 0.2) is 0 Å². The van der Waals surface area contributed by atoms with Gasteiger partial charge in [0.25, 0.3) is 0 Å². The van der Waals surface area contributed by atoms with Crippen molar-refractivity contribution in [2.45, 2.75) is 111 Å². The fraction of sp³-hybridized carbons (Fsp3) is 0.966. The molecule has 1 N–H and O–H groups in total. The third kappa shape index (κ3) is 4.66. The Bertz CT molecular complexity index is 608. The van der Waals surface area contributed by atoms with Crippen LogP contribution in [-0.4, -0.2) is 26.2 Å². The lowest BCUT2D eigenvalue weighted by molar-refractivity contribution is -0.136. The number of hydrogen-bond donors (Lipinski definition) is 1. The first kappa shape index (κ1) is 24.6. The van der Waals surface area contributed by atoms with Crippen molar-refractivity contribution >= 4 is 6.41 Å². The molecule has 4 fully saturated rings. The molecule has 3 nitrogen and oxygen atoms in total. The Balaban J connectivity index is 1.30. The van der Waals surface area contributed by atoms with Gasteiger partial charge in [0.2, 0.25) is 6.41 Å². The van der Waals surface area contributed by atoms with Crippen LogP contribution in [0.2, 0.25) is 0 Å². The van der Waals surface area contributed by atoms with Crippen LogP contribution >= 0.6 is 0 Å². The van der Waals surface area contributed by atoms with E-state index in [9.17, 15) is 4.79 Å². The highest BCUT2D eigenvalue weighted by molar-refractivity contribution is 5.45. The molecule has 0 spiro atoms. The van der Waals surface area contributed by atoms with Gasteiger partial charge < -0.3 is 10.1 Å². The highest BCUT2D eigenvalue weighted by atomic mass is 16.5. The maximum absolute atomic E-state index is 10.3. The lowest BCUT2D eigenvalue weighted by atomic mass is 9.42. The fourth-order valence-corrected chi connectivity index (χ4v) is 9.63. The van der Waals surface area contributed by atoms with Crippen molar-refractivity contribution in [3.05, 3.63) is 0 Å². The molecule has 8 atom stereocenters. The lowest BCUT2D eigenvalue weighted by Crippen LogP contribution is -2.55. The molecule has 4 rings (SSSR count). The largest absolute Gasteiger partial charge is 0.381 e. The maximum atomic E-state index is 10.3. The SMILES string of the molecule is CC[C@H]1CC2C3CCC(CCCOCCCCNC=O)C3(C)CC[C@@H]2C2(C)CCCCC12. The third-order valence-electron chi connectivity index (χ3n) is 11.3. The van der Waals surface area contributed by atoms with Crippen molar-refractivity contribution in [2.75, 3.05) is 19.8 Å². The smallest absolute Gasteiger partial charge is 0.207 e. The molecule has 184 valence electrons. The quantitative estimate of drug-likeness (QED) is 0.275. The molecule has 4 aliphatic carbocycles. The molecule has 0 aromatic rings. The number of nitrogens with one attached hydrogen (secondary N) is 1. The third-order valence-corrected chi connectivity index (χ3v) is 11.3. The van der Waals surface area contributed by atoms with Gasteiger partial charge in [-0.2, -0.15) is 0 Å². The van der Waals surface area contributed by atoms with Crippen LogP contribution < -0.4 is 5.32 Å². The summed E-state index contributed by atoms with van der Waals surface area (Å²) in [7, 11) is 0. The first-order chi connectivity index (χ1) is 15.5. The molecule has 32 heavy (non-hydrogen) atoms. The van der Waals surface area contributed by atoms with Gasteiger partial charge in [-0.15, -0.1) is 0 Å². The Hall–Kier alpha value is -0.570. The zero-order valence-electron chi connectivity index (χ0n) is 21.4. The molecule has 0 aromatic carbocycles. The van der Waals surface area contributed by atoms with E-state index in [1.165, 1.54) is 70.6 Å². The average Bonchev–Trinajstić information content (AvgIpc) is 3.13. The minimum absolute atomic E-state index is 0.595. The molecular weight excluding hydrogens is 394 g/mol. The Morgan fingerprint density at radius 2 is 1.72 bits per heavy atom. The van der Waals surface area contributed by atoms with Crippen LogP contribution in [0.1, 0.15) is 111 Å². The Kier molecular flexibility index (Phi) is 8.28. The van der Waals surface area contributed by atoms with Crippen molar-refractivity contribution in [1.82, 2.24) is 5.32 Å². The monoisotopic (exact) mass is 445 g/mol. The number of hydrogen-bond acceptors (Lipinski definition) is 2. The van der Waals surface area contributed by atoms with Gasteiger partial charge in [-0.3, -0.25) is 4.79 Å². The summed E-state index contributed by atoms with van der Waals surface area (Å²) >= 11 is 0. The number of carbonyl (C=O) groups is 1. The van der Waals surface area contributed by atoms with Gasteiger partial charge in [-0.1, -0.05) is 40.0 Å². The summed E-state index contributed by atoms with van der Waals surface area (Å²) in [6.45, 7) is 10.4. The molecule has 0 aliphatic heterocycles. The second-order valence-corrected chi connectivity index (χ2v) is 12.5. The molecule has 0 aromatic heterocycles. The number of amides is 1. The topological polar surface area (TPSA) is 38.3 Å². The minimum Gasteiger partial charge on any atom is -0.381 e. The Morgan fingerprint density at radius 1 is 0.906 bits per heavy atom. The van der Waals surface area contributed by atoms with E-state index >= 15 is 0 Å². The Morgan fingerprint density at radius 3 is 2.53 bits per heavy atom. The standard InChI is InChI=1S/C29H51NO2/c1-4-22-20-24-26-13-12-23(10-9-19-32-18-8-7-17-30-21-31)28(26,2)16-14-27(24)29(3)15-6-5-11-25(22)29/h21-27H,4-20H2,1-3H3,(H,30,31)/t22-,23?,24?,25?,26?,27-,28?,29?/m0/s1. The highest BCUT2D eigenvalue weighted by Gasteiger charge is 2.60. The fourth-order valence-electron chi connectivity index (χ4n) is 9.63. The predicted octanol–water partition coefficient (Wildman–Crippen LogP) is 6.99. The Labute approximate surface area is 198 Å². The first-order valence-corrected chi connectivity index (χ1v) is 14.3. The number of unbranched alkanes of at least 4 members (excludes halogenated alkanes) is 1. The summed E-state index contributed by atoms with van der Waals surface area (Å²) in [5.41, 5.74) is 1.24. The van der Waals surface area contributed by atoms with Crippen LogP contribution in [-0.2, 0) is 9.53 Å². The number of fused-ring (bicyclic) bond motifs is 5. The van der Waals surface area contributed by atoms with Crippen molar-refractivity contribution < 1.29 is 9.53 Å². The molecule has 6 unspecified atom stereocenters. The first-order valence-electron chi connectivity index (χ1n) is 14.3. The van der Waals surface area contributed by atoms with Gasteiger partial charge in [0.05, 0.1) is 0 Å². The molecule has 1 amide bonds. The molecule has 0 bridgehead atoms. The van der Waals surface area contributed by atoms with Crippen LogP contribution in [0.5, 0.6) is 0 Å². The predicted molar refractivity (Wildman–Crippen MR) is 132 cm³/mol. The van der Waals surface area contributed by atoms with E-state index in [-0.39, 0.29) is 0 Å². The van der Waals surface area contributed by atoms with Crippen molar-refractivity contribution in [1.29, 1.82) is 0 Å². The van der Waals surface area contributed by atoms with Gasteiger partial charge in [-0.25, -0.2) is 0 Å². The van der Waals surface area contributed by atoms with E-state index in [0.29, 0.717) is 10.8 Å². The number of ether oxygens (including phenoxy) is 1. The van der Waals surface area contributed by atoms with Crippen LogP contribution in [0.3, 0.4) is 0 Å². The summed E-state index contributed by atoms with van der Waals surface area (Å²) in [4.78, 5) is 10.3. The van der Waals surface area contributed by atoms with E-state index in [4.69, 9.17) is 4.74 Å². The molecule has 3 heteroatoms. The van der Waals surface area contributed by atoms with E-state index < -0.39 is 0 Å². The summed E-state index contributed by atoms with van der Waals surface area (Å²) < 4.78 is 5.91. The van der Waals surface area contributed by atoms with Crippen molar-refractivity contribution in [3.8, 4) is 0 Å². The average molecular weight is 446 g/mol. The minimum atomic E-state index is 0.595. The van der Waals surface area contributed by atoms with E-state index in [1.54, 1.807) is 6.42 Å². The van der Waals surface area contributed by atoms with E-state index in [1.807, 2.05) is 0 Å². The van der Waals surface area contributed by atoms with Crippen LogP contribution in [0.4, 0.5) is 0 Å². The van der Waals surface area contributed by atoms with Gasteiger partial charge in [-0.05, 0) is 117 Å². The zero-order valence-corrected chi connectivity index (χ0v) is 21.4. The summed E-state index contributed by atoms with van der Waals surface area (Å²) in [6.07, 6.45) is 20.4. The lowest BCUT2D eigenvalue weighted by Gasteiger charge is -2.62. The normalized spacial score (nSPS) is 43.2. The van der Waals surface area contributed by atoms with Crippen molar-refractivity contribution in [3.63, 3.8) is 0 Å². The molecule has 4 aliphatic rings. The van der Waals surface area contributed by atoms with Crippen LogP contribution in [0.15, 0.2) is 0 Å². The van der Waals surface area contributed by atoms with Crippen LogP contribution in [0.25, 0.3) is 0 Å². The molecule has 0 radical (unpaired) electrons. The summed E-state index contributed by atoms with van der Waals surface area (Å²) in [5.74, 6) is 5.97. The highest BCUT2D eigenvalue weighted by Crippen LogP contribution is 2.69.